The summed E-state index contributed by atoms with van der Waals surface area (Å²) < 4.78 is 5.79. The Morgan fingerprint density at radius 1 is 1.20 bits per heavy atom. The summed E-state index contributed by atoms with van der Waals surface area (Å²) in [5.74, 6) is 0.874. The first-order valence-electron chi connectivity index (χ1n) is 8.46. The highest BCUT2D eigenvalue weighted by molar-refractivity contribution is 8.04. The quantitative estimate of drug-likeness (QED) is 0.827. The van der Waals surface area contributed by atoms with Crippen molar-refractivity contribution in [3.63, 3.8) is 0 Å². The zero-order valence-corrected chi connectivity index (χ0v) is 15.1. The van der Waals surface area contributed by atoms with Gasteiger partial charge in [-0.2, -0.15) is 0 Å². The highest BCUT2D eigenvalue weighted by Crippen LogP contribution is 2.28. The topological polar surface area (TPSA) is 51.2 Å². The predicted molar refractivity (Wildman–Crippen MR) is 102 cm³/mol. The van der Waals surface area contributed by atoms with Crippen LogP contribution in [-0.4, -0.2) is 22.7 Å². The Balaban J connectivity index is 1.47. The molecule has 130 valence electrons. The highest BCUT2D eigenvalue weighted by Gasteiger charge is 2.27. The Bertz CT molecular complexity index is 741. The number of benzene rings is 1. The lowest BCUT2D eigenvalue weighted by molar-refractivity contribution is -0.119. The molecular formula is C20H22N2O2S. The molecule has 0 spiro atoms. The normalized spacial score (nSPS) is 16.8. The summed E-state index contributed by atoms with van der Waals surface area (Å²) in [6.45, 7) is 6.50. The van der Waals surface area contributed by atoms with Crippen LogP contribution in [0.3, 0.4) is 0 Å². The van der Waals surface area contributed by atoms with E-state index in [4.69, 9.17) is 4.74 Å². The fourth-order valence-electron chi connectivity index (χ4n) is 2.63. The first kappa shape index (κ1) is 17.5. The number of aryl methyl sites for hydroxylation is 1. The highest BCUT2D eigenvalue weighted by atomic mass is 32.2. The van der Waals surface area contributed by atoms with Crippen LogP contribution in [0.15, 0.2) is 54.2 Å². The SMILES string of the molecule is C=C1NC(=O)[C@H](Cc2ccc(OCCc3ccc(CC)cn3)cc2)S1. The average Bonchev–Trinajstić information content (AvgIpc) is 2.94. The number of carbonyl (C=O) groups excluding carboxylic acids is 1. The molecule has 1 N–H and O–H groups in total. The molecule has 0 radical (unpaired) electrons. The lowest BCUT2D eigenvalue weighted by Crippen LogP contribution is -2.23. The van der Waals surface area contributed by atoms with Crippen molar-refractivity contribution in [1.29, 1.82) is 0 Å². The van der Waals surface area contributed by atoms with Gasteiger partial charge in [0.1, 0.15) is 5.75 Å². The van der Waals surface area contributed by atoms with E-state index in [-0.39, 0.29) is 11.2 Å². The minimum absolute atomic E-state index is 0.0388. The van der Waals surface area contributed by atoms with Crippen LogP contribution in [0.4, 0.5) is 0 Å². The third-order valence-corrected chi connectivity index (χ3v) is 5.16. The van der Waals surface area contributed by atoms with Gasteiger partial charge >= 0.3 is 0 Å². The maximum absolute atomic E-state index is 11.7. The molecule has 1 aliphatic heterocycles. The van der Waals surface area contributed by atoms with Gasteiger partial charge in [-0.15, -0.1) is 0 Å². The number of nitrogens with one attached hydrogen (secondary N) is 1. The summed E-state index contributed by atoms with van der Waals surface area (Å²) in [4.78, 5) is 16.2. The van der Waals surface area contributed by atoms with E-state index in [0.29, 0.717) is 13.0 Å². The van der Waals surface area contributed by atoms with Crippen molar-refractivity contribution in [3.05, 3.63) is 71.0 Å². The molecule has 2 heterocycles. The van der Waals surface area contributed by atoms with Gasteiger partial charge < -0.3 is 10.1 Å². The molecule has 0 bridgehead atoms. The number of nitrogens with zero attached hydrogens (tertiary/aromatic N) is 1. The number of carbonyl (C=O) groups is 1. The van der Waals surface area contributed by atoms with Crippen molar-refractivity contribution in [3.8, 4) is 5.75 Å². The fraction of sp³-hybridized carbons (Fsp3) is 0.300. The monoisotopic (exact) mass is 354 g/mol. The minimum Gasteiger partial charge on any atom is -0.493 e. The smallest absolute Gasteiger partial charge is 0.238 e. The predicted octanol–water partition coefficient (Wildman–Crippen LogP) is 3.51. The van der Waals surface area contributed by atoms with Gasteiger partial charge in [0.2, 0.25) is 5.91 Å². The Kier molecular flexibility index (Phi) is 5.76. The van der Waals surface area contributed by atoms with Crippen LogP contribution < -0.4 is 10.1 Å². The lowest BCUT2D eigenvalue weighted by atomic mass is 10.1. The van der Waals surface area contributed by atoms with E-state index in [0.717, 1.165) is 34.9 Å². The number of hydrogen-bond acceptors (Lipinski definition) is 4. The summed E-state index contributed by atoms with van der Waals surface area (Å²) >= 11 is 1.49. The van der Waals surface area contributed by atoms with Gasteiger partial charge in [-0.3, -0.25) is 9.78 Å². The molecule has 3 rings (SSSR count). The van der Waals surface area contributed by atoms with Gasteiger partial charge in [0.25, 0.3) is 0 Å². The van der Waals surface area contributed by atoms with E-state index in [9.17, 15) is 4.79 Å². The number of amides is 1. The number of hydrogen-bond donors (Lipinski definition) is 1. The van der Waals surface area contributed by atoms with E-state index in [1.165, 1.54) is 17.3 Å². The molecule has 1 aromatic heterocycles. The average molecular weight is 354 g/mol. The zero-order valence-electron chi connectivity index (χ0n) is 14.3. The van der Waals surface area contributed by atoms with Gasteiger partial charge in [0.05, 0.1) is 16.9 Å². The van der Waals surface area contributed by atoms with Crippen LogP contribution in [0.2, 0.25) is 0 Å². The second-order valence-electron chi connectivity index (χ2n) is 5.98. The van der Waals surface area contributed by atoms with Crippen molar-refractivity contribution >= 4 is 17.7 Å². The molecule has 1 aliphatic rings. The van der Waals surface area contributed by atoms with Crippen molar-refractivity contribution in [2.75, 3.05) is 6.61 Å². The second-order valence-corrected chi connectivity index (χ2v) is 7.27. The van der Waals surface area contributed by atoms with Crippen molar-refractivity contribution in [2.45, 2.75) is 31.4 Å². The minimum atomic E-state index is -0.0866. The van der Waals surface area contributed by atoms with E-state index in [1.807, 2.05) is 30.5 Å². The number of thioether (sulfide) groups is 1. The maximum atomic E-state index is 11.7. The molecule has 1 amide bonds. The molecule has 1 fully saturated rings. The number of rotatable bonds is 7. The zero-order chi connectivity index (χ0) is 17.6. The van der Waals surface area contributed by atoms with Gasteiger partial charge in [-0.1, -0.05) is 43.5 Å². The number of ether oxygens (including phenoxy) is 1. The van der Waals surface area contributed by atoms with Crippen LogP contribution in [0.1, 0.15) is 23.7 Å². The number of pyridine rings is 1. The largest absolute Gasteiger partial charge is 0.493 e. The van der Waals surface area contributed by atoms with E-state index in [2.05, 4.69) is 35.9 Å². The van der Waals surface area contributed by atoms with Crippen LogP contribution in [-0.2, 0) is 24.1 Å². The Morgan fingerprint density at radius 2 is 1.96 bits per heavy atom. The summed E-state index contributed by atoms with van der Waals surface area (Å²) in [6, 6.07) is 12.1. The van der Waals surface area contributed by atoms with Crippen LogP contribution in [0.5, 0.6) is 5.75 Å². The molecule has 4 nitrogen and oxygen atoms in total. The standard InChI is InChI=1S/C20H22N2O2S/c1-3-15-4-7-17(21-13-15)10-11-24-18-8-5-16(6-9-18)12-19-20(23)22-14(2)25-19/h4-9,13,19H,2-3,10-12H2,1H3,(H,22,23)/t19-/m0/s1. The van der Waals surface area contributed by atoms with Crippen molar-refractivity contribution in [1.82, 2.24) is 10.3 Å². The van der Waals surface area contributed by atoms with Crippen molar-refractivity contribution < 1.29 is 9.53 Å². The van der Waals surface area contributed by atoms with E-state index >= 15 is 0 Å². The summed E-state index contributed by atoms with van der Waals surface area (Å²) in [5, 5.41) is 3.39. The van der Waals surface area contributed by atoms with Crippen LogP contribution >= 0.6 is 11.8 Å². The van der Waals surface area contributed by atoms with Crippen LogP contribution in [0, 0.1) is 0 Å². The Labute approximate surface area is 152 Å². The molecule has 0 saturated carbocycles. The van der Waals surface area contributed by atoms with Gasteiger partial charge in [0.15, 0.2) is 0 Å². The molecule has 1 saturated heterocycles. The van der Waals surface area contributed by atoms with Crippen LogP contribution in [0.25, 0.3) is 0 Å². The van der Waals surface area contributed by atoms with E-state index < -0.39 is 0 Å². The first-order chi connectivity index (χ1) is 12.1. The van der Waals surface area contributed by atoms with Gasteiger partial charge in [0, 0.05) is 18.3 Å². The summed E-state index contributed by atoms with van der Waals surface area (Å²) in [7, 11) is 0. The maximum Gasteiger partial charge on any atom is 0.238 e. The Hall–Kier alpha value is -2.27. The Morgan fingerprint density at radius 3 is 2.56 bits per heavy atom. The van der Waals surface area contributed by atoms with Gasteiger partial charge in [-0.25, -0.2) is 0 Å². The molecule has 0 unspecified atom stereocenters. The third kappa shape index (κ3) is 4.86. The second kappa shape index (κ2) is 8.21. The fourth-order valence-corrected chi connectivity index (χ4v) is 3.57. The first-order valence-corrected chi connectivity index (χ1v) is 9.34. The number of aromatic nitrogens is 1. The van der Waals surface area contributed by atoms with Gasteiger partial charge in [-0.05, 0) is 42.2 Å². The molecule has 2 aromatic rings. The third-order valence-electron chi connectivity index (χ3n) is 4.11. The molecule has 25 heavy (non-hydrogen) atoms. The lowest BCUT2D eigenvalue weighted by Gasteiger charge is -2.09. The summed E-state index contributed by atoms with van der Waals surface area (Å²) in [6.07, 6.45) is 4.41. The molecule has 1 aromatic carbocycles. The molecule has 5 heteroatoms. The summed E-state index contributed by atoms with van der Waals surface area (Å²) in [5.41, 5.74) is 3.41. The molecule has 1 atom stereocenters. The van der Waals surface area contributed by atoms with E-state index in [1.54, 1.807) is 0 Å². The molecule has 0 aliphatic carbocycles. The molecular weight excluding hydrogens is 332 g/mol. The van der Waals surface area contributed by atoms with Crippen molar-refractivity contribution in [2.24, 2.45) is 0 Å².